The average Bonchev–Trinajstić information content (AvgIpc) is 2.71. The number of para-hydroxylation sites is 1. The van der Waals surface area contributed by atoms with Crippen LogP contribution in [0.25, 0.3) is 22.0 Å². The molecule has 0 fully saturated rings. The van der Waals surface area contributed by atoms with E-state index in [4.69, 9.17) is 0 Å². The average molecular weight is 356 g/mol. The molecule has 0 saturated carbocycles. The van der Waals surface area contributed by atoms with Crippen LogP contribution in [0, 0.1) is 10.1 Å². The summed E-state index contributed by atoms with van der Waals surface area (Å²) in [6.07, 6.45) is 0. The summed E-state index contributed by atoms with van der Waals surface area (Å²) in [7, 11) is 0. The lowest BCUT2D eigenvalue weighted by Crippen LogP contribution is -2.20. The van der Waals surface area contributed by atoms with Crippen molar-refractivity contribution in [2.24, 2.45) is 0 Å². The number of fused-ring (bicyclic) bond motifs is 1. The van der Waals surface area contributed by atoms with Gasteiger partial charge < -0.3 is 4.57 Å². The predicted molar refractivity (Wildman–Crippen MR) is 106 cm³/mol. The van der Waals surface area contributed by atoms with Gasteiger partial charge in [-0.25, -0.2) is 0 Å². The van der Waals surface area contributed by atoms with Crippen molar-refractivity contribution in [2.45, 2.75) is 6.54 Å². The number of hydrogen-bond acceptors (Lipinski definition) is 3. The zero-order valence-electron chi connectivity index (χ0n) is 14.4. The minimum Gasteiger partial charge on any atom is -0.304 e. The van der Waals surface area contributed by atoms with Gasteiger partial charge in [0, 0.05) is 23.6 Å². The standard InChI is InChI=1S/C22H16N2O3/c25-22-14-20(17-10-12-18(13-11-17)24(26)27)19-8-4-5-9-21(19)23(22)15-16-6-2-1-3-7-16/h1-14H,15H2. The number of rotatable bonds is 4. The summed E-state index contributed by atoms with van der Waals surface area (Å²) in [6.45, 7) is 0.487. The maximum atomic E-state index is 12.9. The molecule has 5 nitrogen and oxygen atoms in total. The van der Waals surface area contributed by atoms with Crippen LogP contribution >= 0.6 is 0 Å². The lowest BCUT2D eigenvalue weighted by atomic mass is 10.0. The fraction of sp³-hybridized carbons (Fsp3) is 0.0455. The van der Waals surface area contributed by atoms with Crippen LogP contribution in [0.5, 0.6) is 0 Å². The van der Waals surface area contributed by atoms with Crippen LogP contribution < -0.4 is 5.56 Å². The second-order valence-corrected chi connectivity index (χ2v) is 6.29. The number of nitro benzene ring substituents is 1. The third-order valence-electron chi connectivity index (χ3n) is 4.59. The molecular formula is C22H16N2O3. The second kappa shape index (κ2) is 6.88. The van der Waals surface area contributed by atoms with E-state index in [1.807, 2.05) is 54.6 Å². The first kappa shape index (κ1) is 16.7. The van der Waals surface area contributed by atoms with Crippen LogP contribution in [0.1, 0.15) is 5.56 Å². The van der Waals surface area contributed by atoms with Gasteiger partial charge in [0.2, 0.25) is 0 Å². The Morgan fingerprint density at radius 3 is 2.22 bits per heavy atom. The van der Waals surface area contributed by atoms with E-state index in [1.54, 1.807) is 22.8 Å². The van der Waals surface area contributed by atoms with Crippen LogP contribution in [0.4, 0.5) is 5.69 Å². The molecule has 3 aromatic carbocycles. The Morgan fingerprint density at radius 2 is 1.52 bits per heavy atom. The SMILES string of the molecule is O=c1cc(-c2ccc([N+](=O)[O-])cc2)c2ccccc2n1Cc1ccccc1. The van der Waals surface area contributed by atoms with Gasteiger partial charge in [0.25, 0.3) is 11.2 Å². The minimum absolute atomic E-state index is 0.0282. The van der Waals surface area contributed by atoms with E-state index in [2.05, 4.69) is 0 Å². The number of aromatic nitrogens is 1. The molecule has 0 unspecified atom stereocenters. The number of non-ortho nitro benzene ring substituents is 1. The normalized spacial score (nSPS) is 10.8. The molecule has 4 rings (SSSR count). The van der Waals surface area contributed by atoms with E-state index in [0.717, 1.165) is 27.6 Å². The molecule has 0 aliphatic rings. The van der Waals surface area contributed by atoms with Crippen molar-refractivity contribution < 1.29 is 4.92 Å². The number of pyridine rings is 1. The Morgan fingerprint density at radius 1 is 0.852 bits per heavy atom. The first-order valence-corrected chi connectivity index (χ1v) is 8.55. The van der Waals surface area contributed by atoms with Crippen LogP contribution in [0.3, 0.4) is 0 Å². The van der Waals surface area contributed by atoms with Crippen LogP contribution in [0.2, 0.25) is 0 Å². The summed E-state index contributed by atoms with van der Waals surface area (Å²) in [6, 6.07) is 25.4. The molecule has 0 aliphatic heterocycles. The maximum Gasteiger partial charge on any atom is 0.269 e. The predicted octanol–water partition coefficient (Wildman–Crippen LogP) is 4.63. The number of nitro groups is 1. The molecule has 5 heteroatoms. The zero-order chi connectivity index (χ0) is 18.8. The largest absolute Gasteiger partial charge is 0.304 e. The summed E-state index contributed by atoms with van der Waals surface area (Å²) in [5.41, 5.74) is 3.36. The molecule has 4 aromatic rings. The zero-order valence-corrected chi connectivity index (χ0v) is 14.4. The summed E-state index contributed by atoms with van der Waals surface area (Å²) in [4.78, 5) is 23.3. The van der Waals surface area contributed by atoms with E-state index >= 15 is 0 Å². The quantitative estimate of drug-likeness (QED) is 0.396. The van der Waals surface area contributed by atoms with Crippen LogP contribution in [0.15, 0.2) is 89.7 Å². The number of benzene rings is 3. The van der Waals surface area contributed by atoms with E-state index in [1.165, 1.54) is 12.1 Å². The monoisotopic (exact) mass is 356 g/mol. The molecule has 132 valence electrons. The Kier molecular flexibility index (Phi) is 4.26. The Balaban J connectivity index is 1.88. The van der Waals surface area contributed by atoms with Gasteiger partial charge in [0.15, 0.2) is 0 Å². The van der Waals surface area contributed by atoms with Crippen LogP contribution in [-0.4, -0.2) is 9.49 Å². The van der Waals surface area contributed by atoms with Gasteiger partial charge in [-0.15, -0.1) is 0 Å². The first-order chi connectivity index (χ1) is 13.1. The van der Waals surface area contributed by atoms with Gasteiger partial charge in [-0.3, -0.25) is 14.9 Å². The molecule has 0 spiro atoms. The van der Waals surface area contributed by atoms with Crippen molar-refractivity contribution in [2.75, 3.05) is 0 Å². The Bertz CT molecular complexity index is 1180. The third-order valence-corrected chi connectivity index (χ3v) is 4.59. The maximum absolute atomic E-state index is 12.9. The molecule has 0 atom stereocenters. The molecule has 1 heterocycles. The highest BCUT2D eigenvalue weighted by Gasteiger charge is 2.12. The highest BCUT2D eigenvalue weighted by atomic mass is 16.6. The fourth-order valence-corrected chi connectivity index (χ4v) is 3.27. The molecule has 0 amide bonds. The summed E-state index contributed by atoms with van der Waals surface area (Å²) < 4.78 is 1.75. The summed E-state index contributed by atoms with van der Waals surface area (Å²) >= 11 is 0. The summed E-state index contributed by atoms with van der Waals surface area (Å²) in [5.74, 6) is 0. The van der Waals surface area contributed by atoms with E-state index in [-0.39, 0.29) is 11.2 Å². The molecule has 0 bridgehead atoms. The van der Waals surface area contributed by atoms with Crippen molar-refractivity contribution in [1.29, 1.82) is 0 Å². The lowest BCUT2D eigenvalue weighted by molar-refractivity contribution is -0.384. The van der Waals surface area contributed by atoms with E-state index in [0.29, 0.717) is 6.54 Å². The molecule has 27 heavy (non-hydrogen) atoms. The van der Waals surface area contributed by atoms with Crippen molar-refractivity contribution in [3.05, 3.63) is 111 Å². The van der Waals surface area contributed by atoms with Gasteiger partial charge >= 0.3 is 0 Å². The molecule has 0 N–H and O–H groups in total. The lowest BCUT2D eigenvalue weighted by Gasteiger charge is -2.14. The minimum atomic E-state index is -0.431. The van der Waals surface area contributed by atoms with Crippen molar-refractivity contribution in [3.8, 4) is 11.1 Å². The Hall–Kier alpha value is -3.73. The van der Waals surface area contributed by atoms with Gasteiger partial charge in [-0.2, -0.15) is 0 Å². The van der Waals surface area contributed by atoms with Crippen molar-refractivity contribution in [3.63, 3.8) is 0 Å². The Labute approximate surface area is 155 Å². The van der Waals surface area contributed by atoms with Gasteiger partial charge in [0.05, 0.1) is 17.0 Å². The van der Waals surface area contributed by atoms with Crippen molar-refractivity contribution >= 4 is 16.6 Å². The van der Waals surface area contributed by atoms with Crippen molar-refractivity contribution in [1.82, 2.24) is 4.57 Å². The van der Waals surface area contributed by atoms with Crippen LogP contribution in [-0.2, 0) is 6.54 Å². The molecule has 0 aliphatic carbocycles. The fourth-order valence-electron chi connectivity index (χ4n) is 3.27. The van der Waals surface area contributed by atoms with Gasteiger partial charge in [0.1, 0.15) is 0 Å². The highest BCUT2D eigenvalue weighted by Crippen LogP contribution is 2.28. The van der Waals surface area contributed by atoms with E-state index in [9.17, 15) is 14.9 Å². The summed E-state index contributed by atoms with van der Waals surface area (Å²) in [5, 5.41) is 11.8. The highest BCUT2D eigenvalue weighted by molar-refractivity contribution is 5.94. The van der Waals surface area contributed by atoms with E-state index < -0.39 is 4.92 Å². The molecular weight excluding hydrogens is 340 g/mol. The second-order valence-electron chi connectivity index (χ2n) is 6.29. The number of hydrogen-bond donors (Lipinski definition) is 0. The molecule has 0 saturated heterocycles. The molecule has 0 radical (unpaired) electrons. The molecule has 1 aromatic heterocycles. The topological polar surface area (TPSA) is 65.1 Å². The van der Waals surface area contributed by atoms with Gasteiger partial charge in [-0.05, 0) is 34.9 Å². The first-order valence-electron chi connectivity index (χ1n) is 8.55. The third kappa shape index (κ3) is 3.22. The number of nitrogens with zero attached hydrogens (tertiary/aromatic N) is 2. The smallest absolute Gasteiger partial charge is 0.269 e. The van der Waals surface area contributed by atoms with Gasteiger partial charge in [-0.1, -0.05) is 48.5 Å².